The fourth-order valence-electron chi connectivity index (χ4n) is 2.84. The van der Waals surface area contributed by atoms with Crippen LogP contribution in [-0.4, -0.2) is 60.0 Å². The number of unbranched alkanes of at least 4 members (excludes halogenated alkanes) is 1. The van der Waals surface area contributed by atoms with Crippen molar-refractivity contribution < 1.29 is 14.3 Å². The number of rotatable bonds is 13. The van der Waals surface area contributed by atoms with Crippen LogP contribution in [0.4, 0.5) is 11.6 Å². The molecule has 0 aliphatic carbocycles. The first-order valence-corrected chi connectivity index (χ1v) is 11.2. The lowest BCUT2D eigenvalue weighted by atomic mass is 10.1. The standard InChI is InChI=1S/C21H31ClN10O3/c22-16-18(25)31-17(24)15(30-16)20(34)32-21(27)29-8-2-1-3-12-4-6-13(7-5-12)35-10-9-28-11-14(23)19(26)33/h4-7,14,28H,1-3,8-11,23H2,(H2,26,33)(H4,24,25,31)(H3,27,29,32,34). The Kier molecular flexibility index (Phi) is 10.9. The second-order valence-electron chi connectivity index (χ2n) is 7.55. The van der Waals surface area contributed by atoms with Crippen LogP contribution in [0.3, 0.4) is 0 Å². The van der Waals surface area contributed by atoms with Gasteiger partial charge in [0.1, 0.15) is 12.4 Å². The number of aryl methyl sites for hydroxylation is 1. The zero-order valence-electron chi connectivity index (χ0n) is 19.1. The van der Waals surface area contributed by atoms with Gasteiger partial charge in [-0.05, 0) is 37.0 Å². The predicted molar refractivity (Wildman–Crippen MR) is 134 cm³/mol. The first-order valence-electron chi connectivity index (χ1n) is 10.9. The van der Waals surface area contributed by atoms with E-state index in [0.29, 0.717) is 26.2 Å². The lowest BCUT2D eigenvalue weighted by Crippen LogP contribution is -2.45. The third-order valence-electron chi connectivity index (χ3n) is 4.75. The minimum Gasteiger partial charge on any atom is -0.492 e. The van der Waals surface area contributed by atoms with E-state index in [9.17, 15) is 9.59 Å². The van der Waals surface area contributed by atoms with Crippen molar-refractivity contribution in [3.8, 4) is 5.75 Å². The molecule has 14 heteroatoms. The summed E-state index contributed by atoms with van der Waals surface area (Å²) in [5.41, 5.74) is 22.7. The Morgan fingerprint density at radius 3 is 2.49 bits per heavy atom. The number of nitrogens with zero attached hydrogens (tertiary/aromatic N) is 2. The van der Waals surface area contributed by atoms with Crippen molar-refractivity contribution in [2.45, 2.75) is 25.3 Å². The molecule has 190 valence electrons. The van der Waals surface area contributed by atoms with Crippen molar-refractivity contribution in [3.63, 3.8) is 0 Å². The highest BCUT2D eigenvalue weighted by atomic mass is 35.5. The highest BCUT2D eigenvalue weighted by Crippen LogP contribution is 2.17. The third-order valence-corrected chi connectivity index (χ3v) is 5.03. The maximum Gasteiger partial charge on any atom is 0.280 e. The molecule has 0 aliphatic heterocycles. The SMILES string of the molecule is N=C(NCCCCc1ccc(OCCNCC(N)C(N)=O)cc1)NC(=O)c1nc(Cl)c(N)nc1N. The molecule has 2 rings (SSSR count). The van der Waals surface area contributed by atoms with Gasteiger partial charge in [-0.25, -0.2) is 9.97 Å². The minimum absolute atomic E-state index is 0.0762. The molecule has 1 aromatic carbocycles. The van der Waals surface area contributed by atoms with Crippen molar-refractivity contribution in [1.29, 1.82) is 5.41 Å². The van der Waals surface area contributed by atoms with Gasteiger partial charge in [0.05, 0.1) is 6.04 Å². The number of benzene rings is 1. The number of carbonyl (C=O) groups excluding carboxylic acids is 2. The molecule has 0 spiro atoms. The number of aromatic nitrogens is 2. The number of hydrogen-bond acceptors (Lipinski definition) is 10. The Morgan fingerprint density at radius 2 is 1.80 bits per heavy atom. The molecule has 1 unspecified atom stereocenters. The second-order valence-corrected chi connectivity index (χ2v) is 7.91. The Morgan fingerprint density at radius 1 is 1.09 bits per heavy atom. The number of primary amides is 1. The number of amides is 2. The van der Waals surface area contributed by atoms with E-state index in [0.717, 1.165) is 30.6 Å². The molecule has 1 heterocycles. The number of hydrogen-bond donors (Lipinski definition) is 8. The summed E-state index contributed by atoms with van der Waals surface area (Å²) in [6.07, 6.45) is 2.51. The number of ether oxygens (including phenoxy) is 1. The van der Waals surface area contributed by atoms with Gasteiger partial charge in [0.15, 0.2) is 28.4 Å². The van der Waals surface area contributed by atoms with Gasteiger partial charge >= 0.3 is 0 Å². The third kappa shape index (κ3) is 9.60. The summed E-state index contributed by atoms with van der Waals surface area (Å²) in [6.45, 7) is 1.78. The number of anilines is 2. The largest absolute Gasteiger partial charge is 0.492 e. The van der Waals surface area contributed by atoms with Gasteiger partial charge in [-0.1, -0.05) is 23.7 Å². The van der Waals surface area contributed by atoms with Crippen LogP contribution in [0.1, 0.15) is 28.9 Å². The van der Waals surface area contributed by atoms with Crippen molar-refractivity contribution in [1.82, 2.24) is 25.9 Å². The number of guanidine groups is 1. The first kappa shape index (κ1) is 27.6. The molecule has 0 saturated carbocycles. The van der Waals surface area contributed by atoms with Crippen molar-refractivity contribution in [2.24, 2.45) is 11.5 Å². The highest BCUT2D eigenvalue weighted by Gasteiger charge is 2.17. The minimum atomic E-state index is -0.711. The molecule has 0 radical (unpaired) electrons. The molecule has 12 N–H and O–H groups in total. The van der Waals surface area contributed by atoms with E-state index >= 15 is 0 Å². The molecule has 1 atom stereocenters. The number of nitrogens with one attached hydrogen (secondary N) is 4. The van der Waals surface area contributed by atoms with Gasteiger partial charge in [0, 0.05) is 19.6 Å². The van der Waals surface area contributed by atoms with Crippen LogP contribution in [0.5, 0.6) is 5.75 Å². The lowest BCUT2D eigenvalue weighted by Gasteiger charge is -2.11. The molecule has 0 saturated heterocycles. The van der Waals surface area contributed by atoms with Gasteiger partial charge in [-0.3, -0.25) is 20.3 Å². The fourth-order valence-corrected chi connectivity index (χ4v) is 2.97. The van der Waals surface area contributed by atoms with Crippen LogP contribution in [-0.2, 0) is 11.2 Å². The molecule has 0 bridgehead atoms. The topological polar surface area (TPSA) is 233 Å². The van der Waals surface area contributed by atoms with Crippen LogP contribution in [0.25, 0.3) is 0 Å². The van der Waals surface area contributed by atoms with E-state index in [1.165, 1.54) is 0 Å². The van der Waals surface area contributed by atoms with Gasteiger partial charge in [-0.15, -0.1) is 0 Å². The Hall–Kier alpha value is -3.68. The van der Waals surface area contributed by atoms with Gasteiger partial charge in [0.25, 0.3) is 5.91 Å². The normalized spacial score (nSPS) is 11.5. The van der Waals surface area contributed by atoms with Crippen LogP contribution in [0.15, 0.2) is 24.3 Å². The van der Waals surface area contributed by atoms with E-state index in [4.69, 9.17) is 44.7 Å². The molecule has 0 fully saturated rings. The quantitative estimate of drug-likeness (QED) is 0.0970. The molecule has 2 amide bonds. The molecule has 35 heavy (non-hydrogen) atoms. The van der Waals surface area contributed by atoms with Crippen LogP contribution in [0, 0.1) is 5.41 Å². The van der Waals surface area contributed by atoms with Crippen LogP contribution in [0.2, 0.25) is 5.15 Å². The van der Waals surface area contributed by atoms with Gasteiger partial charge in [0.2, 0.25) is 5.91 Å². The fraction of sp³-hybridized carbons (Fsp3) is 0.381. The summed E-state index contributed by atoms with van der Waals surface area (Å²) in [5.74, 6) is -0.939. The van der Waals surface area contributed by atoms with Crippen molar-refractivity contribution in [2.75, 3.05) is 37.7 Å². The van der Waals surface area contributed by atoms with E-state index in [2.05, 4.69) is 25.9 Å². The number of carbonyl (C=O) groups is 2. The zero-order valence-corrected chi connectivity index (χ0v) is 19.9. The summed E-state index contributed by atoms with van der Waals surface area (Å²) in [4.78, 5) is 30.6. The van der Waals surface area contributed by atoms with E-state index in [1.807, 2.05) is 24.3 Å². The number of halogens is 1. The van der Waals surface area contributed by atoms with E-state index in [1.54, 1.807) is 0 Å². The molecular weight excluding hydrogens is 476 g/mol. The monoisotopic (exact) mass is 506 g/mol. The summed E-state index contributed by atoms with van der Waals surface area (Å²) >= 11 is 5.77. The maximum absolute atomic E-state index is 12.2. The predicted octanol–water partition coefficient (Wildman–Crippen LogP) is -0.648. The average Bonchev–Trinajstić information content (AvgIpc) is 2.81. The molecule has 13 nitrogen and oxygen atoms in total. The average molecular weight is 507 g/mol. The molecule has 1 aromatic heterocycles. The highest BCUT2D eigenvalue weighted by molar-refractivity contribution is 6.31. The van der Waals surface area contributed by atoms with Crippen molar-refractivity contribution >= 4 is 41.0 Å². The number of nitrogen functional groups attached to an aromatic ring is 2. The summed E-state index contributed by atoms with van der Waals surface area (Å²) in [7, 11) is 0. The van der Waals surface area contributed by atoms with Gasteiger partial charge in [-0.2, -0.15) is 0 Å². The van der Waals surface area contributed by atoms with Gasteiger partial charge < -0.3 is 38.3 Å². The maximum atomic E-state index is 12.2. The Balaban J connectivity index is 1.60. The van der Waals surface area contributed by atoms with E-state index in [-0.39, 0.29) is 28.4 Å². The molecular formula is C21H31ClN10O3. The van der Waals surface area contributed by atoms with Crippen LogP contribution >= 0.6 is 11.6 Å². The lowest BCUT2D eigenvalue weighted by molar-refractivity contribution is -0.119. The summed E-state index contributed by atoms with van der Waals surface area (Å²) in [5, 5.41) is 15.9. The Bertz CT molecular complexity index is 1020. The smallest absolute Gasteiger partial charge is 0.280 e. The second kappa shape index (κ2) is 13.9. The molecule has 2 aromatic rings. The Labute approximate surface area is 207 Å². The first-order chi connectivity index (χ1) is 16.7. The summed E-state index contributed by atoms with van der Waals surface area (Å²) < 4.78 is 5.64. The zero-order chi connectivity index (χ0) is 25.8. The van der Waals surface area contributed by atoms with E-state index < -0.39 is 17.9 Å². The van der Waals surface area contributed by atoms with Crippen molar-refractivity contribution in [3.05, 3.63) is 40.7 Å². The van der Waals surface area contributed by atoms with Crippen LogP contribution < -0.4 is 43.6 Å². The molecule has 0 aliphatic rings. The summed E-state index contributed by atoms with van der Waals surface area (Å²) in [6, 6.07) is 7.06. The number of nitrogens with two attached hydrogens (primary N) is 4.